The second-order valence-corrected chi connectivity index (χ2v) is 3.44. The molecule has 1 unspecified atom stereocenters. The average molecular weight is 245 g/mol. The normalized spacial score (nSPS) is 11.5. The molecule has 17 heavy (non-hydrogen) atoms. The fourth-order valence-electron chi connectivity index (χ4n) is 1.04. The Morgan fingerprint density at radius 3 is 2.24 bits per heavy atom. The molecule has 0 aromatic heterocycles. The maximum Gasteiger partial charge on any atom is 0.315 e. The van der Waals surface area contributed by atoms with E-state index in [4.69, 9.17) is 4.74 Å². The van der Waals surface area contributed by atoms with Crippen LogP contribution in [0.5, 0.6) is 0 Å². The highest BCUT2D eigenvalue weighted by atomic mass is 16.5. The van der Waals surface area contributed by atoms with Crippen LogP contribution in [0, 0.1) is 5.92 Å². The number of carbonyl (C=O) groups excluding carboxylic acids is 3. The van der Waals surface area contributed by atoms with Gasteiger partial charge in [0.1, 0.15) is 6.42 Å². The smallest absolute Gasteiger partial charge is 0.315 e. The van der Waals surface area contributed by atoms with Crippen LogP contribution in [0.1, 0.15) is 27.2 Å². The third kappa shape index (κ3) is 7.32. The number of carbonyl (C=O) groups is 3. The largest absolute Gasteiger partial charge is 0.466 e. The minimum Gasteiger partial charge on any atom is -0.466 e. The predicted molar refractivity (Wildman–Crippen MR) is 60.1 cm³/mol. The lowest BCUT2D eigenvalue weighted by Crippen LogP contribution is -2.33. The van der Waals surface area contributed by atoms with E-state index in [1.807, 2.05) is 0 Å². The molecule has 0 radical (unpaired) electrons. The standard InChI is InChI=1S/C11H19NO5/c1-4-16-10(14)6-9(13)12-7-8(3)11(15)17-5-2/h8H,4-7H2,1-3H3,(H,12,13). The SMILES string of the molecule is CCOC(=O)CC(=O)NCC(C)C(=O)OCC. The van der Waals surface area contributed by atoms with Crippen LogP contribution in [0.2, 0.25) is 0 Å². The number of nitrogens with one attached hydrogen (secondary N) is 1. The van der Waals surface area contributed by atoms with Crippen LogP contribution in [-0.4, -0.2) is 37.6 Å². The van der Waals surface area contributed by atoms with Gasteiger partial charge in [0.25, 0.3) is 0 Å². The first-order chi connectivity index (χ1) is 8.01. The van der Waals surface area contributed by atoms with Crippen molar-refractivity contribution in [2.24, 2.45) is 5.92 Å². The predicted octanol–water partition coefficient (Wildman–Crippen LogP) is 0.255. The van der Waals surface area contributed by atoms with Crippen molar-refractivity contribution in [1.29, 1.82) is 0 Å². The van der Waals surface area contributed by atoms with Crippen molar-refractivity contribution >= 4 is 17.8 Å². The molecule has 1 amide bonds. The zero-order valence-electron chi connectivity index (χ0n) is 10.4. The minimum absolute atomic E-state index is 0.150. The summed E-state index contributed by atoms with van der Waals surface area (Å²) in [6.07, 6.45) is -0.330. The molecule has 0 heterocycles. The maximum atomic E-state index is 11.2. The highest BCUT2D eigenvalue weighted by molar-refractivity contribution is 5.94. The molecule has 0 bridgehead atoms. The molecule has 0 aliphatic carbocycles. The number of hydrogen-bond donors (Lipinski definition) is 1. The first-order valence-electron chi connectivity index (χ1n) is 5.60. The number of esters is 2. The van der Waals surface area contributed by atoms with Crippen molar-refractivity contribution in [1.82, 2.24) is 5.32 Å². The molecule has 0 rings (SSSR count). The summed E-state index contributed by atoms with van der Waals surface area (Å²) in [7, 11) is 0. The Bertz CT molecular complexity index is 277. The molecule has 98 valence electrons. The Hall–Kier alpha value is -1.59. The average Bonchev–Trinajstić information content (AvgIpc) is 2.26. The molecule has 6 heteroatoms. The molecule has 0 aromatic rings. The van der Waals surface area contributed by atoms with Gasteiger partial charge in [0.05, 0.1) is 19.1 Å². The van der Waals surface area contributed by atoms with E-state index in [0.29, 0.717) is 6.61 Å². The van der Waals surface area contributed by atoms with Crippen LogP contribution in [0.4, 0.5) is 0 Å². The van der Waals surface area contributed by atoms with E-state index in [0.717, 1.165) is 0 Å². The summed E-state index contributed by atoms with van der Waals surface area (Å²) in [5, 5.41) is 2.47. The van der Waals surface area contributed by atoms with Gasteiger partial charge in [-0.2, -0.15) is 0 Å². The number of hydrogen-bond acceptors (Lipinski definition) is 5. The summed E-state index contributed by atoms with van der Waals surface area (Å²) in [6.45, 7) is 5.72. The third-order valence-electron chi connectivity index (χ3n) is 1.90. The summed E-state index contributed by atoms with van der Waals surface area (Å²) >= 11 is 0. The summed E-state index contributed by atoms with van der Waals surface area (Å²) < 4.78 is 9.39. The van der Waals surface area contributed by atoms with Gasteiger partial charge in [-0.05, 0) is 13.8 Å². The van der Waals surface area contributed by atoms with Gasteiger partial charge >= 0.3 is 11.9 Å². The fraction of sp³-hybridized carbons (Fsp3) is 0.727. The van der Waals surface area contributed by atoms with Crippen LogP contribution in [0.3, 0.4) is 0 Å². The first kappa shape index (κ1) is 15.4. The molecule has 0 saturated carbocycles. The minimum atomic E-state index is -0.575. The van der Waals surface area contributed by atoms with Crippen molar-refractivity contribution in [3.63, 3.8) is 0 Å². The molecule has 0 fully saturated rings. The summed E-state index contributed by atoms with van der Waals surface area (Å²) in [6, 6.07) is 0. The van der Waals surface area contributed by atoms with E-state index in [-0.39, 0.29) is 25.5 Å². The van der Waals surface area contributed by atoms with E-state index in [1.54, 1.807) is 20.8 Å². The molecule has 0 aliphatic heterocycles. The van der Waals surface area contributed by atoms with Crippen molar-refractivity contribution in [3.8, 4) is 0 Å². The van der Waals surface area contributed by atoms with Crippen LogP contribution in [0.25, 0.3) is 0 Å². The van der Waals surface area contributed by atoms with Crippen LogP contribution in [-0.2, 0) is 23.9 Å². The Labute approximate surface area is 101 Å². The Balaban J connectivity index is 3.83. The van der Waals surface area contributed by atoms with Gasteiger partial charge in [0, 0.05) is 6.54 Å². The van der Waals surface area contributed by atoms with Gasteiger partial charge in [0.2, 0.25) is 5.91 Å². The molecule has 0 aromatic carbocycles. The van der Waals surface area contributed by atoms with E-state index in [9.17, 15) is 14.4 Å². The van der Waals surface area contributed by atoms with Crippen molar-refractivity contribution in [2.45, 2.75) is 27.2 Å². The topological polar surface area (TPSA) is 81.7 Å². The Kier molecular flexibility index (Phi) is 7.75. The molecule has 1 atom stereocenters. The Morgan fingerprint density at radius 2 is 1.71 bits per heavy atom. The van der Waals surface area contributed by atoms with Crippen LogP contribution >= 0.6 is 0 Å². The summed E-state index contributed by atoms with van der Waals surface area (Å²) in [5.41, 5.74) is 0. The highest BCUT2D eigenvalue weighted by Gasteiger charge is 2.16. The molecule has 1 N–H and O–H groups in total. The Morgan fingerprint density at radius 1 is 1.12 bits per heavy atom. The lowest BCUT2D eigenvalue weighted by atomic mass is 10.2. The molecule has 0 aliphatic rings. The van der Waals surface area contributed by atoms with Crippen LogP contribution < -0.4 is 5.32 Å². The number of ether oxygens (including phenoxy) is 2. The maximum absolute atomic E-state index is 11.2. The quantitative estimate of drug-likeness (QED) is 0.514. The van der Waals surface area contributed by atoms with Crippen molar-refractivity contribution < 1.29 is 23.9 Å². The second-order valence-electron chi connectivity index (χ2n) is 3.44. The summed E-state index contributed by atoms with van der Waals surface area (Å²) in [4.78, 5) is 33.4. The second kappa shape index (κ2) is 8.55. The molecular formula is C11H19NO5. The van der Waals surface area contributed by atoms with Crippen LogP contribution in [0.15, 0.2) is 0 Å². The molecule has 6 nitrogen and oxygen atoms in total. The number of amides is 1. The zero-order valence-corrected chi connectivity index (χ0v) is 10.4. The van der Waals surface area contributed by atoms with Gasteiger partial charge < -0.3 is 14.8 Å². The molecule has 0 spiro atoms. The van der Waals surface area contributed by atoms with E-state index in [2.05, 4.69) is 10.1 Å². The lowest BCUT2D eigenvalue weighted by molar-refractivity contribution is -0.147. The van der Waals surface area contributed by atoms with E-state index >= 15 is 0 Å². The lowest BCUT2D eigenvalue weighted by Gasteiger charge is -2.11. The number of rotatable bonds is 7. The summed E-state index contributed by atoms with van der Waals surface area (Å²) in [5.74, 6) is -1.83. The molecular weight excluding hydrogens is 226 g/mol. The third-order valence-corrected chi connectivity index (χ3v) is 1.90. The molecule has 0 saturated heterocycles. The van der Waals surface area contributed by atoms with Gasteiger partial charge in [-0.1, -0.05) is 6.92 Å². The van der Waals surface area contributed by atoms with E-state index < -0.39 is 17.8 Å². The fourth-order valence-corrected chi connectivity index (χ4v) is 1.04. The van der Waals surface area contributed by atoms with E-state index in [1.165, 1.54) is 0 Å². The highest BCUT2D eigenvalue weighted by Crippen LogP contribution is 1.97. The first-order valence-corrected chi connectivity index (χ1v) is 5.60. The van der Waals surface area contributed by atoms with Gasteiger partial charge in [0.15, 0.2) is 0 Å². The van der Waals surface area contributed by atoms with Crippen molar-refractivity contribution in [2.75, 3.05) is 19.8 Å². The van der Waals surface area contributed by atoms with Gasteiger partial charge in [-0.15, -0.1) is 0 Å². The zero-order chi connectivity index (χ0) is 13.3. The monoisotopic (exact) mass is 245 g/mol. The van der Waals surface area contributed by atoms with Gasteiger partial charge in [-0.3, -0.25) is 14.4 Å². The van der Waals surface area contributed by atoms with Crippen molar-refractivity contribution in [3.05, 3.63) is 0 Å². The van der Waals surface area contributed by atoms with Gasteiger partial charge in [-0.25, -0.2) is 0 Å².